The lowest BCUT2D eigenvalue weighted by Crippen LogP contribution is -2.28. The molecule has 1 heterocycles. The minimum Gasteiger partial charge on any atom is -0.457 e. The molecule has 0 saturated carbocycles. The summed E-state index contributed by atoms with van der Waals surface area (Å²) in [7, 11) is 0. The van der Waals surface area contributed by atoms with Crippen LogP contribution in [0.5, 0.6) is 0 Å². The Hall–Kier alpha value is -2.95. The van der Waals surface area contributed by atoms with Crippen molar-refractivity contribution in [2.75, 3.05) is 18.1 Å². The van der Waals surface area contributed by atoms with Gasteiger partial charge in [-0.25, -0.2) is 0 Å². The fourth-order valence-electron chi connectivity index (χ4n) is 3.57. The molecule has 146 valence electrons. The number of benzene rings is 2. The number of amides is 1. The molecule has 2 aromatic carbocycles. The molecule has 0 aromatic heterocycles. The second kappa shape index (κ2) is 7.97. The molecular weight excluding hydrogens is 354 g/mol. The molecule has 1 aliphatic heterocycles. The van der Waals surface area contributed by atoms with Crippen LogP contribution in [0.2, 0.25) is 0 Å². The van der Waals surface area contributed by atoms with Crippen LogP contribution >= 0.6 is 0 Å². The summed E-state index contributed by atoms with van der Waals surface area (Å²) in [4.78, 5) is 38.9. The molecule has 1 saturated heterocycles. The lowest BCUT2D eigenvalue weighted by molar-refractivity contribution is -0.147. The van der Waals surface area contributed by atoms with Crippen LogP contribution in [0.25, 0.3) is 0 Å². The Morgan fingerprint density at radius 2 is 1.68 bits per heavy atom. The van der Waals surface area contributed by atoms with E-state index in [1.165, 1.54) is 0 Å². The molecule has 0 unspecified atom stereocenters. The van der Waals surface area contributed by atoms with Crippen molar-refractivity contribution < 1.29 is 19.1 Å². The number of hydrogen-bond donors (Lipinski definition) is 0. The van der Waals surface area contributed by atoms with Gasteiger partial charge in [-0.15, -0.1) is 0 Å². The van der Waals surface area contributed by atoms with E-state index in [0.29, 0.717) is 5.56 Å². The zero-order valence-corrected chi connectivity index (χ0v) is 16.7. The number of aryl methyl sites for hydroxylation is 4. The Bertz CT molecular complexity index is 927. The number of Topliss-reactive ketones (excluding diaryl/α,β-unsaturated/α-hetero) is 1. The van der Waals surface area contributed by atoms with E-state index in [4.69, 9.17) is 4.74 Å². The van der Waals surface area contributed by atoms with Crippen LogP contribution in [-0.4, -0.2) is 30.8 Å². The molecular formula is C23H25NO4. The van der Waals surface area contributed by atoms with Gasteiger partial charge in [0.25, 0.3) is 0 Å². The molecule has 5 heteroatoms. The van der Waals surface area contributed by atoms with Crippen molar-refractivity contribution in [3.8, 4) is 0 Å². The first kappa shape index (κ1) is 19.8. The number of rotatable bonds is 5. The van der Waals surface area contributed by atoms with Gasteiger partial charge in [0.15, 0.2) is 12.4 Å². The van der Waals surface area contributed by atoms with E-state index in [1.54, 1.807) is 17.0 Å². The lowest BCUT2D eigenvalue weighted by atomic mass is 10.0. The van der Waals surface area contributed by atoms with Crippen LogP contribution in [-0.2, 0) is 14.3 Å². The second-order valence-electron chi connectivity index (χ2n) is 7.48. The summed E-state index contributed by atoms with van der Waals surface area (Å²) in [5.74, 6) is -1.40. The van der Waals surface area contributed by atoms with E-state index in [9.17, 15) is 14.4 Å². The Labute approximate surface area is 165 Å². The smallest absolute Gasteiger partial charge is 0.311 e. The van der Waals surface area contributed by atoms with Crippen molar-refractivity contribution in [3.05, 3.63) is 64.2 Å². The zero-order valence-electron chi connectivity index (χ0n) is 16.7. The van der Waals surface area contributed by atoms with Crippen molar-refractivity contribution >= 4 is 23.3 Å². The molecule has 0 N–H and O–H groups in total. The number of para-hydroxylation sites is 1. The van der Waals surface area contributed by atoms with Crippen molar-refractivity contribution in [2.45, 2.75) is 34.1 Å². The monoisotopic (exact) mass is 379 g/mol. The maximum atomic E-state index is 12.5. The minimum atomic E-state index is -0.556. The molecule has 1 amide bonds. The van der Waals surface area contributed by atoms with Crippen LogP contribution in [0.1, 0.15) is 39.0 Å². The molecule has 3 rings (SSSR count). The summed E-state index contributed by atoms with van der Waals surface area (Å²) in [5, 5.41) is 0. The van der Waals surface area contributed by atoms with Gasteiger partial charge in [-0.2, -0.15) is 0 Å². The maximum absolute atomic E-state index is 12.5. The van der Waals surface area contributed by atoms with E-state index >= 15 is 0 Å². The summed E-state index contributed by atoms with van der Waals surface area (Å²) >= 11 is 0. The van der Waals surface area contributed by atoms with E-state index in [1.807, 2.05) is 52.0 Å². The number of nitrogens with zero attached hydrogens (tertiary/aromatic N) is 1. The van der Waals surface area contributed by atoms with Crippen LogP contribution in [0.3, 0.4) is 0 Å². The van der Waals surface area contributed by atoms with Crippen LogP contribution in [0.4, 0.5) is 5.69 Å². The predicted octanol–water partition coefficient (Wildman–Crippen LogP) is 3.70. The van der Waals surface area contributed by atoms with Crippen molar-refractivity contribution in [1.29, 1.82) is 0 Å². The first-order valence-corrected chi connectivity index (χ1v) is 9.41. The molecule has 0 aliphatic carbocycles. The summed E-state index contributed by atoms with van der Waals surface area (Å²) in [6.07, 6.45) is 0.102. The number of ketones is 1. The van der Waals surface area contributed by atoms with Gasteiger partial charge < -0.3 is 9.64 Å². The standard InChI is InChI=1S/C23H25NO4/c1-14-8-9-18(10-17(14)4)20(25)13-28-23(27)19-11-21(26)24(12-19)22-15(2)6-5-7-16(22)3/h5-10,19H,11-13H2,1-4H3/t19-/m0/s1. The van der Waals surface area contributed by atoms with Gasteiger partial charge in [0.05, 0.1) is 5.92 Å². The third kappa shape index (κ3) is 3.98. The van der Waals surface area contributed by atoms with Gasteiger partial charge in [-0.05, 0) is 56.0 Å². The summed E-state index contributed by atoms with van der Waals surface area (Å²) in [5.41, 5.74) is 5.48. The minimum absolute atomic E-state index is 0.0974. The fourth-order valence-corrected chi connectivity index (χ4v) is 3.57. The van der Waals surface area contributed by atoms with Gasteiger partial charge in [-0.1, -0.05) is 30.3 Å². The van der Waals surface area contributed by atoms with Gasteiger partial charge in [0, 0.05) is 24.2 Å². The van der Waals surface area contributed by atoms with Crippen molar-refractivity contribution in [3.63, 3.8) is 0 Å². The molecule has 1 aliphatic rings. The number of hydrogen-bond acceptors (Lipinski definition) is 4. The average Bonchev–Trinajstić information content (AvgIpc) is 3.03. The van der Waals surface area contributed by atoms with E-state index in [-0.39, 0.29) is 31.3 Å². The third-order valence-electron chi connectivity index (χ3n) is 5.34. The SMILES string of the molecule is Cc1ccc(C(=O)COC(=O)[C@H]2CC(=O)N(c3c(C)cccc3C)C2)cc1C. The first-order valence-electron chi connectivity index (χ1n) is 9.41. The molecule has 0 radical (unpaired) electrons. The van der Waals surface area contributed by atoms with Gasteiger partial charge >= 0.3 is 5.97 Å². The maximum Gasteiger partial charge on any atom is 0.311 e. The highest BCUT2D eigenvalue weighted by atomic mass is 16.5. The number of carbonyl (C=O) groups excluding carboxylic acids is 3. The predicted molar refractivity (Wildman–Crippen MR) is 108 cm³/mol. The van der Waals surface area contributed by atoms with E-state index < -0.39 is 11.9 Å². The number of ether oxygens (including phenoxy) is 1. The lowest BCUT2D eigenvalue weighted by Gasteiger charge is -2.21. The fraction of sp³-hybridized carbons (Fsp3) is 0.348. The summed E-state index contributed by atoms with van der Waals surface area (Å²) in [6.45, 7) is 7.77. The number of esters is 1. The zero-order chi connectivity index (χ0) is 20.4. The Kier molecular flexibility index (Phi) is 5.63. The van der Waals surface area contributed by atoms with Crippen LogP contribution < -0.4 is 4.90 Å². The van der Waals surface area contributed by atoms with Crippen molar-refractivity contribution in [2.24, 2.45) is 5.92 Å². The number of carbonyl (C=O) groups is 3. The van der Waals surface area contributed by atoms with E-state index in [2.05, 4.69) is 0 Å². The average molecular weight is 379 g/mol. The molecule has 1 fully saturated rings. The van der Waals surface area contributed by atoms with Gasteiger partial charge in [-0.3, -0.25) is 14.4 Å². The highest BCUT2D eigenvalue weighted by Crippen LogP contribution is 2.31. The topological polar surface area (TPSA) is 63.7 Å². The molecule has 5 nitrogen and oxygen atoms in total. The molecule has 0 spiro atoms. The highest BCUT2D eigenvalue weighted by molar-refractivity contribution is 6.01. The van der Waals surface area contributed by atoms with Crippen LogP contribution in [0, 0.1) is 33.6 Å². The van der Waals surface area contributed by atoms with Gasteiger partial charge in [0.1, 0.15) is 0 Å². The largest absolute Gasteiger partial charge is 0.457 e. The third-order valence-corrected chi connectivity index (χ3v) is 5.34. The Morgan fingerprint density at radius 1 is 1.00 bits per heavy atom. The molecule has 2 aromatic rings. The van der Waals surface area contributed by atoms with Crippen molar-refractivity contribution in [1.82, 2.24) is 0 Å². The molecule has 1 atom stereocenters. The van der Waals surface area contributed by atoms with Crippen LogP contribution in [0.15, 0.2) is 36.4 Å². The molecule has 28 heavy (non-hydrogen) atoms. The quantitative estimate of drug-likeness (QED) is 0.587. The second-order valence-corrected chi connectivity index (χ2v) is 7.48. The Balaban J connectivity index is 1.63. The molecule has 0 bridgehead atoms. The first-order chi connectivity index (χ1) is 13.3. The normalized spacial score (nSPS) is 16.4. The Morgan fingerprint density at radius 3 is 2.32 bits per heavy atom. The summed E-state index contributed by atoms with van der Waals surface area (Å²) < 4.78 is 5.24. The van der Waals surface area contributed by atoms with E-state index in [0.717, 1.165) is 27.9 Å². The highest BCUT2D eigenvalue weighted by Gasteiger charge is 2.37. The van der Waals surface area contributed by atoms with Gasteiger partial charge in [0.2, 0.25) is 5.91 Å². The number of anilines is 1. The summed E-state index contributed by atoms with van der Waals surface area (Å²) in [6, 6.07) is 11.3.